The maximum Gasteiger partial charge on any atom is 0.425 e. The molecule has 1 aliphatic heterocycles. The first-order chi connectivity index (χ1) is 15.9. The Kier molecular flexibility index (Phi) is 5.96. The second kappa shape index (κ2) is 8.49. The van der Waals surface area contributed by atoms with Crippen molar-refractivity contribution in [3.63, 3.8) is 0 Å². The zero-order valence-electron chi connectivity index (χ0n) is 18.4. The van der Waals surface area contributed by atoms with Crippen LogP contribution in [0, 0.1) is 0 Å². The number of benzene rings is 2. The first kappa shape index (κ1) is 23.9. The van der Waals surface area contributed by atoms with Crippen LogP contribution in [0.1, 0.15) is 28.8 Å². The Hall–Kier alpha value is -3.28. The van der Waals surface area contributed by atoms with Gasteiger partial charge < -0.3 is 18.8 Å². The highest BCUT2D eigenvalue weighted by Crippen LogP contribution is 2.40. The van der Waals surface area contributed by atoms with Gasteiger partial charge in [0.1, 0.15) is 21.7 Å². The lowest BCUT2D eigenvalue weighted by Gasteiger charge is -2.40. The lowest BCUT2D eigenvalue weighted by molar-refractivity contribution is -0.189. The van der Waals surface area contributed by atoms with Crippen LogP contribution >= 0.6 is 0 Å². The fourth-order valence-electron chi connectivity index (χ4n) is 3.74. The van der Waals surface area contributed by atoms with Gasteiger partial charge in [0, 0.05) is 25.3 Å². The van der Waals surface area contributed by atoms with E-state index in [1.54, 1.807) is 6.07 Å². The predicted octanol–water partition coefficient (Wildman–Crippen LogP) is 3.81. The highest BCUT2D eigenvalue weighted by Gasteiger charge is 2.41. The Labute approximate surface area is 193 Å². The number of oxazole rings is 1. The van der Waals surface area contributed by atoms with Crippen molar-refractivity contribution in [2.24, 2.45) is 0 Å². The average Bonchev–Trinajstić information content (AvgIpc) is 3.18. The van der Waals surface area contributed by atoms with E-state index < -0.39 is 33.8 Å². The SMILES string of the molecule is COc1c(S(C)(=O)=O)ccc(O[C@@H](C)C(F)(F)F)c1C(=O)N1CC(c2ccc3ncoc3c2)C1. The monoisotopic (exact) mass is 498 g/mol. The van der Waals surface area contributed by atoms with Crippen LogP contribution in [0.15, 0.2) is 46.0 Å². The second-order valence-corrected chi connectivity index (χ2v) is 10.0. The highest BCUT2D eigenvalue weighted by atomic mass is 32.2. The minimum absolute atomic E-state index is 0.0407. The molecule has 0 N–H and O–H groups in total. The van der Waals surface area contributed by atoms with Crippen molar-refractivity contribution in [3.05, 3.63) is 47.9 Å². The molecular formula is C22H21F3N2O6S. The number of rotatable bonds is 6. The van der Waals surface area contributed by atoms with Gasteiger partial charge in [0.05, 0.1) is 7.11 Å². The van der Waals surface area contributed by atoms with Gasteiger partial charge in [-0.25, -0.2) is 13.4 Å². The van der Waals surface area contributed by atoms with E-state index in [0.717, 1.165) is 38.0 Å². The third-order valence-electron chi connectivity index (χ3n) is 5.66. The van der Waals surface area contributed by atoms with Crippen LogP contribution in [0.5, 0.6) is 11.5 Å². The maximum absolute atomic E-state index is 13.3. The molecule has 3 aromatic rings. The molecule has 1 aromatic heterocycles. The molecule has 4 rings (SSSR count). The molecule has 0 radical (unpaired) electrons. The van der Waals surface area contributed by atoms with Gasteiger partial charge in [0.2, 0.25) is 0 Å². The number of alkyl halides is 3. The number of fused-ring (bicyclic) bond motifs is 1. The van der Waals surface area contributed by atoms with Crippen LogP contribution in [0.25, 0.3) is 11.1 Å². The molecule has 34 heavy (non-hydrogen) atoms. The molecule has 0 saturated carbocycles. The lowest BCUT2D eigenvalue weighted by Crippen LogP contribution is -2.48. The van der Waals surface area contributed by atoms with E-state index in [4.69, 9.17) is 13.9 Å². The standard InChI is InChI=1S/C22H21F3N2O6S/c1-12(22(23,24)25)33-16-6-7-18(34(3,29)30)20(31-2)19(16)21(28)27-9-14(10-27)13-4-5-15-17(8-13)32-11-26-15/h4-8,11-12,14H,9-10H2,1-3H3/t12-/m0/s1. The molecule has 0 unspecified atom stereocenters. The summed E-state index contributed by atoms with van der Waals surface area (Å²) in [5.41, 5.74) is 1.83. The first-order valence-corrected chi connectivity index (χ1v) is 12.1. The van der Waals surface area contributed by atoms with Crippen molar-refractivity contribution in [1.82, 2.24) is 9.88 Å². The van der Waals surface area contributed by atoms with Crippen LogP contribution in [-0.4, -0.2) is 62.9 Å². The number of aromatic nitrogens is 1. The van der Waals surface area contributed by atoms with Crippen molar-refractivity contribution >= 4 is 26.8 Å². The molecule has 1 aliphatic rings. The van der Waals surface area contributed by atoms with Gasteiger partial charge in [-0.3, -0.25) is 4.79 Å². The number of nitrogens with zero attached hydrogens (tertiary/aromatic N) is 2. The third kappa shape index (κ3) is 4.41. The summed E-state index contributed by atoms with van der Waals surface area (Å²) < 4.78 is 79.3. The Bertz CT molecular complexity index is 1350. The van der Waals surface area contributed by atoms with Crippen LogP contribution in [0.2, 0.25) is 0 Å². The van der Waals surface area contributed by atoms with Crippen molar-refractivity contribution in [2.75, 3.05) is 26.5 Å². The summed E-state index contributed by atoms with van der Waals surface area (Å²) in [7, 11) is -2.71. The van der Waals surface area contributed by atoms with E-state index in [9.17, 15) is 26.4 Å². The summed E-state index contributed by atoms with van der Waals surface area (Å²) in [6, 6.07) is 7.58. The molecule has 1 atom stereocenters. The largest absolute Gasteiger partial charge is 0.494 e. The summed E-state index contributed by atoms with van der Waals surface area (Å²) >= 11 is 0. The number of carbonyl (C=O) groups excluding carboxylic acids is 1. The molecular weight excluding hydrogens is 477 g/mol. The lowest BCUT2D eigenvalue weighted by atomic mass is 9.90. The number of hydrogen-bond donors (Lipinski definition) is 0. The number of sulfone groups is 1. The van der Waals surface area contributed by atoms with Crippen LogP contribution in [0.4, 0.5) is 13.2 Å². The molecule has 12 heteroatoms. The van der Waals surface area contributed by atoms with E-state index >= 15 is 0 Å². The van der Waals surface area contributed by atoms with Crippen molar-refractivity contribution < 1.29 is 40.3 Å². The van der Waals surface area contributed by atoms with Crippen LogP contribution in [0.3, 0.4) is 0 Å². The van der Waals surface area contributed by atoms with E-state index in [-0.39, 0.29) is 35.2 Å². The summed E-state index contributed by atoms with van der Waals surface area (Å²) in [5, 5.41) is 0. The minimum atomic E-state index is -4.69. The van der Waals surface area contributed by atoms with Gasteiger partial charge >= 0.3 is 6.18 Å². The number of hydrogen-bond acceptors (Lipinski definition) is 7. The van der Waals surface area contributed by atoms with Gasteiger partial charge in [-0.1, -0.05) is 6.07 Å². The minimum Gasteiger partial charge on any atom is -0.494 e. The number of likely N-dealkylation sites (tertiary alicyclic amines) is 1. The molecule has 0 spiro atoms. The Morgan fingerprint density at radius 2 is 1.94 bits per heavy atom. The molecule has 0 bridgehead atoms. The summed E-state index contributed by atoms with van der Waals surface area (Å²) in [4.78, 5) is 18.5. The van der Waals surface area contributed by atoms with Gasteiger partial charge in [-0.2, -0.15) is 13.2 Å². The number of ether oxygens (including phenoxy) is 2. The molecule has 1 saturated heterocycles. The number of amides is 1. The fourth-order valence-corrected chi connectivity index (χ4v) is 4.57. The Balaban J connectivity index is 1.66. The number of halogens is 3. The Morgan fingerprint density at radius 3 is 2.56 bits per heavy atom. The Morgan fingerprint density at radius 1 is 1.24 bits per heavy atom. The van der Waals surface area contributed by atoms with E-state index in [0.29, 0.717) is 11.1 Å². The van der Waals surface area contributed by atoms with Crippen molar-refractivity contribution in [2.45, 2.75) is 30.0 Å². The van der Waals surface area contributed by atoms with E-state index in [2.05, 4.69) is 4.98 Å². The summed E-state index contributed by atoms with van der Waals surface area (Å²) in [6.07, 6.45) is -4.68. The molecule has 8 nitrogen and oxygen atoms in total. The number of methoxy groups -OCH3 is 1. The molecule has 1 fully saturated rings. The van der Waals surface area contributed by atoms with E-state index in [1.165, 1.54) is 11.3 Å². The smallest absolute Gasteiger partial charge is 0.425 e. The van der Waals surface area contributed by atoms with E-state index in [1.807, 2.05) is 12.1 Å². The zero-order chi connectivity index (χ0) is 24.8. The fraction of sp³-hybridized carbons (Fsp3) is 0.364. The van der Waals surface area contributed by atoms with Gasteiger partial charge in [0.15, 0.2) is 33.7 Å². The quantitative estimate of drug-likeness (QED) is 0.510. The molecule has 182 valence electrons. The third-order valence-corrected chi connectivity index (χ3v) is 6.78. The second-order valence-electron chi connectivity index (χ2n) is 8.03. The molecule has 2 heterocycles. The molecule has 1 amide bonds. The van der Waals surface area contributed by atoms with Crippen molar-refractivity contribution in [3.8, 4) is 11.5 Å². The maximum atomic E-state index is 13.3. The van der Waals surface area contributed by atoms with Gasteiger partial charge in [-0.05, 0) is 36.8 Å². The average molecular weight is 498 g/mol. The molecule has 0 aliphatic carbocycles. The summed E-state index contributed by atoms with van der Waals surface area (Å²) in [6.45, 7) is 1.32. The number of carbonyl (C=O) groups is 1. The summed E-state index contributed by atoms with van der Waals surface area (Å²) in [5.74, 6) is -1.50. The van der Waals surface area contributed by atoms with Gasteiger partial charge in [-0.15, -0.1) is 0 Å². The predicted molar refractivity (Wildman–Crippen MR) is 115 cm³/mol. The zero-order valence-corrected chi connectivity index (χ0v) is 19.2. The van der Waals surface area contributed by atoms with Gasteiger partial charge in [0.25, 0.3) is 5.91 Å². The van der Waals surface area contributed by atoms with Crippen LogP contribution in [-0.2, 0) is 9.84 Å². The first-order valence-electron chi connectivity index (χ1n) is 10.2. The highest BCUT2D eigenvalue weighted by molar-refractivity contribution is 7.90. The topological polar surface area (TPSA) is 98.9 Å². The van der Waals surface area contributed by atoms with Crippen LogP contribution < -0.4 is 9.47 Å². The normalized spacial score (nSPS) is 15.8. The molecule has 2 aromatic carbocycles. The van der Waals surface area contributed by atoms with Crippen molar-refractivity contribution in [1.29, 1.82) is 0 Å².